The highest BCUT2D eigenvalue weighted by atomic mass is 19.4. The normalized spacial score (nSPS) is 16.1. The van der Waals surface area contributed by atoms with E-state index in [1.54, 1.807) is 0 Å². The molecule has 134 valence electrons. The van der Waals surface area contributed by atoms with Crippen LogP contribution >= 0.6 is 0 Å². The van der Waals surface area contributed by atoms with Crippen LogP contribution in [-0.2, 0) is 25.1 Å². The minimum Gasteiger partial charge on any atom is -0.465 e. The van der Waals surface area contributed by atoms with Gasteiger partial charge >= 0.3 is 24.4 Å². The Kier molecular flexibility index (Phi) is 4.09. The van der Waals surface area contributed by atoms with E-state index >= 15 is 0 Å². The zero-order chi connectivity index (χ0) is 18.5. The van der Waals surface area contributed by atoms with E-state index < -0.39 is 66.7 Å². The molecule has 13 heteroatoms. The lowest BCUT2D eigenvalue weighted by molar-refractivity contribution is -0.293. The van der Waals surface area contributed by atoms with Gasteiger partial charge in [-0.15, -0.1) is 0 Å². The largest absolute Gasteiger partial charge is 0.465 e. The number of alkyl halides is 8. The molecule has 0 saturated carbocycles. The van der Waals surface area contributed by atoms with Gasteiger partial charge in [-0.3, -0.25) is 0 Å². The predicted octanol–water partition coefficient (Wildman–Crippen LogP) is 3.19. The Balaban J connectivity index is 2.65. The van der Waals surface area contributed by atoms with Crippen molar-refractivity contribution in [3.63, 3.8) is 0 Å². The van der Waals surface area contributed by atoms with Gasteiger partial charge in [0.05, 0.1) is 12.2 Å². The van der Waals surface area contributed by atoms with Crippen molar-refractivity contribution in [2.75, 3.05) is 6.54 Å². The molecule has 1 aliphatic heterocycles. The number of hydrogen-bond acceptors (Lipinski definition) is 3. The van der Waals surface area contributed by atoms with Crippen LogP contribution in [0.25, 0.3) is 0 Å². The third-order valence-corrected chi connectivity index (χ3v) is 3.24. The van der Waals surface area contributed by atoms with E-state index in [1.165, 1.54) is 0 Å². The molecule has 0 aliphatic carbocycles. The van der Waals surface area contributed by atoms with Crippen molar-refractivity contribution in [1.82, 2.24) is 14.9 Å². The van der Waals surface area contributed by atoms with Crippen LogP contribution in [0.5, 0.6) is 0 Å². The molecular formula is C11H7F8N3O2. The second-order valence-corrected chi connectivity index (χ2v) is 4.85. The molecule has 1 N–H and O–H groups in total. The Hall–Kier alpha value is -2.21. The van der Waals surface area contributed by atoms with Crippen LogP contribution in [0.15, 0.2) is 0 Å². The van der Waals surface area contributed by atoms with Gasteiger partial charge in [0.2, 0.25) is 5.82 Å². The van der Waals surface area contributed by atoms with Crippen LogP contribution in [-0.4, -0.2) is 38.8 Å². The first-order valence-electron chi connectivity index (χ1n) is 6.15. The summed E-state index contributed by atoms with van der Waals surface area (Å²) in [6.07, 6.45) is -13.6. The molecule has 0 atom stereocenters. The van der Waals surface area contributed by atoms with E-state index in [-0.39, 0.29) is 0 Å². The SMILES string of the molecule is O=C(O)N1CCc2c(nc(C(F)(F)C(F)(F)F)nc2C(F)(F)F)C1. The van der Waals surface area contributed by atoms with Crippen molar-refractivity contribution in [3.05, 3.63) is 22.8 Å². The van der Waals surface area contributed by atoms with Gasteiger partial charge in [0.1, 0.15) is 0 Å². The Morgan fingerprint density at radius 1 is 1.04 bits per heavy atom. The highest BCUT2D eigenvalue weighted by molar-refractivity contribution is 5.65. The maximum Gasteiger partial charge on any atom is 0.461 e. The van der Waals surface area contributed by atoms with Crippen LogP contribution < -0.4 is 0 Å². The number of carboxylic acid groups (broad SMARTS) is 1. The molecule has 1 aliphatic rings. The molecule has 1 aromatic heterocycles. The van der Waals surface area contributed by atoms with Crippen molar-refractivity contribution in [2.45, 2.75) is 31.2 Å². The third kappa shape index (κ3) is 3.06. The molecular weight excluding hydrogens is 358 g/mol. The number of amides is 1. The first-order chi connectivity index (χ1) is 10.7. The average molecular weight is 365 g/mol. The van der Waals surface area contributed by atoms with Crippen molar-refractivity contribution < 1.29 is 45.0 Å². The Bertz CT molecular complexity index is 670. The molecule has 1 amide bonds. The smallest absolute Gasteiger partial charge is 0.461 e. The van der Waals surface area contributed by atoms with E-state index in [0.29, 0.717) is 4.90 Å². The standard InChI is InChI=1S/C11H7F8N3O2/c12-9(13,11(17,18)19)7-20-5-3-22(8(23)24)2-1-4(5)6(21-7)10(14,15)16/h1-3H2,(H,23,24). The molecule has 0 radical (unpaired) electrons. The minimum absolute atomic E-state index is 0.399. The Morgan fingerprint density at radius 3 is 2.08 bits per heavy atom. The zero-order valence-corrected chi connectivity index (χ0v) is 11.3. The average Bonchev–Trinajstić information content (AvgIpc) is 2.42. The summed E-state index contributed by atoms with van der Waals surface area (Å²) in [5.41, 5.74) is -3.44. The molecule has 0 unspecified atom stereocenters. The summed E-state index contributed by atoms with van der Waals surface area (Å²) in [5, 5.41) is 8.78. The molecule has 0 bridgehead atoms. The number of carbonyl (C=O) groups is 1. The number of fused-ring (bicyclic) bond motifs is 1. The van der Waals surface area contributed by atoms with Crippen LogP contribution in [0.4, 0.5) is 39.9 Å². The topological polar surface area (TPSA) is 66.3 Å². The van der Waals surface area contributed by atoms with Gasteiger partial charge in [-0.2, -0.15) is 35.1 Å². The van der Waals surface area contributed by atoms with E-state index in [2.05, 4.69) is 9.97 Å². The molecule has 0 spiro atoms. The quantitative estimate of drug-likeness (QED) is 0.777. The summed E-state index contributed by atoms with van der Waals surface area (Å²) >= 11 is 0. The summed E-state index contributed by atoms with van der Waals surface area (Å²) in [5.74, 6) is -8.08. The summed E-state index contributed by atoms with van der Waals surface area (Å²) in [7, 11) is 0. The van der Waals surface area contributed by atoms with Crippen molar-refractivity contribution in [3.8, 4) is 0 Å². The molecule has 0 saturated heterocycles. The molecule has 2 rings (SSSR count). The van der Waals surface area contributed by atoms with Crippen LogP contribution in [0.2, 0.25) is 0 Å². The number of hydrogen-bond donors (Lipinski definition) is 1. The summed E-state index contributed by atoms with van der Waals surface area (Å²) in [4.78, 5) is 16.6. The number of nitrogens with zero attached hydrogens (tertiary/aromatic N) is 3. The van der Waals surface area contributed by atoms with Gasteiger partial charge in [-0.05, 0) is 6.42 Å². The zero-order valence-electron chi connectivity index (χ0n) is 11.3. The third-order valence-electron chi connectivity index (χ3n) is 3.24. The van der Waals surface area contributed by atoms with Crippen LogP contribution in [0.3, 0.4) is 0 Å². The molecule has 24 heavy (non-hydrogen) atoms. The van der Waals surface area contributed by atoms with Gasteiger partial charge in [-0.1, -0.05) is 0 Å². The molecule has 1 aromatic rings. The van der Waals surface area contributed by atoms with Crippen LogP contribution in [0, 0.1) is 0 Å². The monoisotopic (exact) mass is 365 g/mol. The summed E-state index contributed by atoms with van der Waals surface area (Å²) in [6.45, 7) is -1.25. The predicted molar refractivity (Wildman–Crippen MR) is 59.1 cm³/mol. The van der Waals surface area contributed by atoms with Gasteiger partial charge in [0.25, 0.3) is 0 Å². The lowest BCUT2D eigenvalue weighted by Crippen LogP contribution is -2.40. The van der Waals surface area contributed by atoms with Crippen molar-refractivity contribution >= 4 is 6.09 Å². The second kappa shape index (κ2) is 5.41. The molecule has 0 aromatic carbocycles. The fourth-order valence-electron chi connectivity index (χ4n) is 2.10. The Morgan fingerprint density at radius 2 is 1.62 bits per heavy atom. The van der Waals surface area contributed by atoms with E-state index in [0.717, 1.165) is 0 Å². The lowest BCUT2D eigenvalue weighted by Gasteiger charge is -2.28. The fourth-order valence-corrected chi connectivity index (χ4v) is 2.10. The van der Waals surface area contributed by atoms with Gasteiger partial charge in [0.15, 0.2) is 5.69 Å². The fraction of sp³-hybridized carbons (Fsp3) is 0.545. The maximum absolute atomic E-state index is 13.3. The number of halogens is 8. The first kappa shape index (κ1) is 18.1. The number of aromatic nitrogens is 2. The number of rotatable bonds is 1. The highest BCUT2D eigenvalue weighted by Gasteiger charge is 2.62. The molecule has 2 heterocycles. The van der Waals surface area contributed by atoms with Crippen molar-refractivity contribution in [2.24, 2.45) is 0 Å². The van der Waals surface area contributed by atoms with Gasteiger partial charge < -0.3 is 10.0 Å². The second-order valence-electron chi connectivity index (χ2n) is 4.85. The maximum atomic E-state index is 13.3. The van der Waals surface area contributed by atoms with Crippen molar-refractivity contribution in [1.29, 1.82) is 0 Å². The van der Waals surface area contributed by atoms with E-state index in [4.69, 9.17) is 5.11 Å². The highest BCUT2D eigenvalue weighted by Crippen LogP contribution is 2.44. The van der Waals surface area contributed by atoms with E-state index in [1.807, 2.05) is 0 Å². The van der Waals surface area contributed by atoms with E-state index in [9.17, 15) is 39.9 Å². The first-order valence-corrected chi connectivity index (χ1v) is 6.15. The van der Waals surface area contributed by atoms with Crippen LogP contribution in [0.1, 0.15) is 22.8 Å². The minimum atomic E-state index is -6.20. The van der Waals surface area contributed by atoms with Gasteiger partial charge in [-0.25, -0.2) is 14.8 Å². The van der Waals surface area contributed by atoms with Gasteiger partial charge in [0, 0.05) is 12.1 Å². The molecule has 0 fully saturated rings. The summed E-state index contributed by atoms with van der Waals surface area (Å²) < 4.78 is 103. The lowest BCUT2D eigenvalue weighted by atomic mass is 10.0. The Labute approximate surface area is 127 Å². The summed E-state index contributed by atoms with van der Waals surface area (Å²) in [6, 6.07) is 0. The molecule has 5 nitrogen and oxygen atoms in total.